The number of ether oxygens (including phenoxy) is 4. The van der Waals surface area contributed by atoms with Crippen molar-refractivity contribution in [1.82, 2.24) is 0 Å². The summed E-state index contributed by atoms with van der Waals surface area (Å²) in [6.07, 6.45) is 13.2. The van der Waals surface area contributed by atoms with Gasteiger partial charge in [-0.3, -0.25) is 0 Å². The molecule has 0 radical (unpaired) electrons. The summed E-state index contributed by atoms with van der Waals surface area (Å²) in [5.41, 5.74) is -0.602. The van der Waals surface area contributed by atoms with E-state index in [2.05, 4.69) is 0 Å². The molecule has 8 heteroatoms. The predicted octanol–water partition coefficient (Wildman–Crippen LogP) is 3.31. The van der Waals surface area contributed by atoms with E-state index in [1.165, 1.54) is 18.2 Å². The van der Waals surface area contributed by atoms with Crippen LogP contribution in [0.5, 0.6) is 0 Å². The Balaban J connectivity index is 1.45. The summed E-state index contributed by atoms with van der Waals surface area (Å²) in [4.78, 5) is 37.6. The van der Waals surface area contributed by atoms with Gasteiger partial charge in [-0.25, -0.2) is 14.4 Å². The molecule has 0 bridgehead atoms. The number of allylic oxidation sites excluding steroid dienone is 2. The first-order valence-electron chi connectivity index (χ1n) is 11.9. The zero-order chi connectivity index (χ0) is 23.6. The molecule has 0 N–H and O–H groups in total. The molecular weight excluding hydrogens is 428 g/mol. The highest BCUT2D eigenvalue weighted by Crippen LogP contribution is 2.40. The maximum atomic E-state index is 12.5. The van der Waals surface area contributed by atoms with Crippen molar-refractivity contribution in [3.8, 4) is 0 Å². The summed E-state index contributed by atoms with van der Waals surface area (Å²) in [7, 11) is 0. The summed E-state index contributed by atoms with van der Waals surface area (Å²) in [6.45, 7) is 3.25. The molecule has 4 aliphatic rings. The van der Waals surface area contributed by atoms with Crippen LogP contribution in [0.15, 0.2) is 35.3 Å². The van der Waals surface area contributed by atoms with Crippen LogP contribution in [-0.4, -0.2) is 29.5 Å². The van der Waals surface area contributed by atoms with Gasteiger partial charge in [-0.15, -0.1) is 0 Å². The van der Waals surface area contributed by atoms with Crippen molar-refractivity contribution >= 4 is 17.9 Å². The molecule has 180 valence electrons. The molecule has 0 aromatic heterocycles. The summed E-state index contributed by atoms with van der Waals surface area (Å²) in [5.74, 6) is -5.75. The van der Waals surface area contributed by atoms with Crippen LogP contribution in [0.1, 0.15) is 78.1 Å². The van der Waals surface area contributed by atoms with Crippen molar-refractivity contribution in [3.05, 3.63) is 35.3 Å². The van der Waals surface area contributed by atoms with E-state index < -0.39 is 35.4 Å². The lowest BCUT2D eigenvalue weighted by molar-refractivity contribution is -0.403. The molecule has 2 aliphatic heterocycles. The minimum Gasteiger partial charge on any atom is -0.574 e. The minimum absolute atomic E-state index is 0.0305. The fourth-order valence-electron chi connectivity index (χ4n) is 5.26. The lowest BCUT2D eigenvalue weighted by Gasteiger charge is -2.47. The van der Waals surface area contributed by atoms with Gasteiger partial charge >= 0.3 is 17.9 Å². The molecule has 1 atom stereocenters. The fraction of sp³-hybridized carbons (Fsp3) is 0.640. The van der Waals surface area contributed by atoms with Crippen molar-refractivity contribution in [2.24, 2.45) is 11.8 Å². The molecule has 1 unspecified atom stereocenters. The molecule has 2 aliphatic carbocycles. The molecule has 2 saturated carbocycles. The average Bonchev–Trinajstić information content (AvgIpc) is 2.78. The Labute approximate surface area is 193 Å². The lowest BCUT2D eigenvalue weighted by Crippen LogP contribution is -2.49. The quantitative estimate of drug-likeness (QED) is 0.358. The molecule has 33 heavy (non-hydrogen) atoms. The lowest BCUT2D eigenvalue weighted by atomic mass is 9.83. The van der Waals surface area contributed by atoms with Crippen LogP contribution in [0.3, 0.4) is 0 Å². The van der Waals surface area contributed by atoms with Crippen molar-refractivity contribution in [1.29, 1.82) is 0 Å². The van der Waals surface area contributed by atoms with Crippen LogP contribution in [0.4, 0.5) is 0 Å². The van der Waals surface area contributed by atoms with E-state index in [9.17, 15) is 19.5 Å². The van der Waals surface area contributed by atoms with Gasteiger partial charge < -0.3 is 24.1 Å². The van der Waals surface area contributed by atoms with E-state index in [4.69, 9.17) is 18.9 Å². The molecule has 0 aromatic carbocycles. The maximum Gasteiger partial charge on any atom is 0.348 e. The predicted molar refractivity (Wildman–Crippen MR) is 114 cm³/mol. The molecule has 1 saturated heterocycles. The first kappa shape index (κ1) is 23.4. The van der Waals surface area contributed by atoms with Gasteiger partial charge in [0.1, 0.15) is 5.57 Å². The Morgan fingerprint density at radius 1 is 0.727 bits per heavy atom. The van der Waals surface area contributed by atoms with E-state index in [0.717, 1.165) is 64.2 Å². The second-order valence-electron chi connectivity index (χ2n) is 9.61. The summed E-state index contributed by atoms with van der Waals surface area (Å²) >= 11 is 0. The Bertz CT molecular complexity index is 881. The monoisotopic (exact) mass is 459 g/mol. The number of hydrogen-bond acceptors (Lipinski definition) is 8. The normalized spacial score (nSPS) is 32.3. The van der Waals surface area contributed by atoms with E-state index in [1.807, 2.05) is 0 Å². The number of esters is 3. The van der Waals surface area contributed by atoms with E-state index in [1.54, 1.807) is 13.8 Å². The van der Waals surface area contributed by atoms with E-state index in [0.29, 0.717) is 0 Å². The number of carbonyl (C=O) groups excluding carboxylic acids is 3. The topological polar surface area (TPSA) is 111 Å². The smallest absolute Gasteiger partial charge is 0.348 e. The molecular formula is C25H31O8-. The van der Waals surface area contributed by atoms with Crippen LogP contribution in [0.2, 0.25) is 0 Å². The van der Waals surface area contributed by atoms with Gasteiger partial charge in [-0.1, -0.05) is 44.6 Å². The summed E-state index contributed by atoms with van der Waals surface area (Å²) in [6, 6.07) is 0. The molecule has 8 nitrogen and oxygen atoms in total. The summed E-state index contributed by atoms with van der Waals surface area (Å²) in [5, 5.41) is 12.5. The molecule has 0 aromatic rings. The third kappa shape index (κ3) is 4.80. The Kier molecular flexibility index (Phi) is 6.54. The highest BCUT2D eigenvalue weighted by Gasteiger charge is 2.48. The Hall–Kier alpha value is -2.77. The van der Waals surface area contributed by atoms with Gasteiger partial charge in [0.25, 0.3) is 5.79 Å². The number of carbonyl (C=O) groups is 3. The Morgan fingerprint density at radius 2 is 1.18 bits per heavy atom. The molecule has 3 fully saturated rings. The van der Waals surface area contributed by atoms with Gasteiger partial charge in [0.15, 0.2) is 5.79 Å². The Morgan fingerprint density at radius 3 is 1.67 bits per heavy atom. The van der Waals surface area contributed by atoms with Crippen LogP contribution in [0, 0.1) is 11.8 Å². The van der Waals surface area contributed by atoms with Gasteiger partial charge in [-0.05, 0) is 44.8 Å². The van der Waals surface area contributed by atoms with Crippen molar-refractivity contribution in [2.45, 2.75) is 89.6 Å². The van der Waals surface area contributed by atoms with Gasteiger partial charge in [0, 0.05) is 18.8 Å². The van der Waals surface area contributed by atoms with E-state index >= 15 is 0 Å². The third-order valence-electron chi connectivity index (χ3n) is 7.28. The second kappa shape index (κ2) is 9.23. The van der Waals surface area contributed by atoms with Crippen LogP contribution in [0.25, 0.3) is 0 Å². The minimum atomic E-state index is -1.27. The summed E-state index contributed by atoms with van der Waals surface area (Å²) < 4.78 is 22.0. The van der Waals surface area contributed by atoms with Crippen molar-refractivity contribution in [3.63, 3.8) is 0 Å². The van der Waals surface area contributed by atoms with Gasteiger partial charge in [0.2, 0.25) is 0 Å². The highest BCUT2D eigenvalue weighted by molar-refractivity contribution is 6.15. The van der Waals surface area contributed by atoms with Crippen LogP contribution < -0.4 is 5.11 Å². The second-order valence-corrected chi connectivity index (χ2v) is 9.61. The van der Waals surface area contributed by atoms with Gasteiger partial charge in [0.05, 0.1) is 11.5 Å². The molecule has 0 amide bonds. The molecule has 4 rings (SSSR count). The van der Waals surface area contributed by atoms with Crippen LogP contribution >= 0.6 is 0 Å². The number of cyclic esters (lactones) is 3. The SMILES string of the molecule is CC1(C2CCCCC2)OC(=O)C(=C/C=C/C2=C([O-])OC(C)(C3CCCCC3)OC2=O)C(=O)O1. The van der Waals surface area contributed by atoms with Crippen molar-refractivity contribution < 1.29 is 38.4 Å². The maximum absolute atomic E-state index is 12.5. The third-order valence-corrected chi connectivity index (χ3v) is 7.28. The molecule has 0 spiro atoms. The number of hydrogen-bond donors (Lipinski definition) is 0. The zero-order valence-electron chi connectivity index (χ0n) is 19.2. The van der Waals surface area contributed by atoms with Crippen molar-refractivity contribution in [2.75, 3.05) is 0 Å². The molecule has 2 heterocycles. The first-order chi connectivity index (χ1) is 15.7. The van der Waals surface area contributed by atoms with Gasteiger partial charge in [-0.2, -0.15) is 0 Å². The van der Waals surface area contributed by atoms with E-state index in [-0.39, 0.29) is 23.0 Å². The van der Waals surface area contributed by atoms with Crippen LogP contribution in [-0.2, 0) is 33.3 Å². The standard InChI is InChI=1S/C25H32O8/c1-24(16-10-5-3-6-11-16)30-20(26)18(21(27)31-24)14-9-15-19-22(28)32-25(2,33-23(19)29)17-12-7-4-8-13-17/h9,14-17,26H,3-8,10-13H2,1-2H3/p-1/b14-9+,19-15?. The number of rotatable bonds is 4. The zero-order valence-corrected chi connectivity index (χ0v) is 19.2. The fourth-order valence-corrected chi connectivity index (χ4v) is 5.26. The first-order valence-corrected chi connectivity index (χ1v) is 11.9. The average molecular weight is 460 g/mol. The largest absolute Gasteiger partial charge is 0.574 e. The highest BCUT2D eigenvalue weighted by atomic mass is 16.8.